The average Bonchev–Trinajstić information content (AvgIpc) is 2.93. The molecule has 108 valence electrons. The van der Waals surface area contributed by atoms with Gasteiger partial charge in [0, 0.05) is 24.8 Å². The molecule has 1 fully saturated rings. The summed E-state index contributed by atoms with van der Waals surface area (Å²) >= 11 is 0. The number of hydrogen-bond donors (Lipinski definition) is 1. The van der Waals surface area contributed by atoms with Crippen LogP contribution in [0.15, 0.2) is 10.5 Å². The van der Waals surface area contributed by atoms with Gasteiger partial charge in [-0.3, -0.25) is 4.90 Å². The molecule has 0 saturated carbocycles. The first-order valence-corrected chi connectivity index (χ1v) is 7.22. The quantitative estimate of drug-likeness (QED) is 0.857. The lowest BCUT2D eigenvalue weighted by Crippen LogP contribution is -2.36. The second-order valence-electron chi connectivity index (χ2n) is 5.42. The summed E-state index contributed by atoms with van der Waals surface area (Å²) in [7, 11) is 2.15. The van der Waals surface area contributed by atoms with E-state index in [9.17, 15) is 0 Å². The van der Waals surface area contributed by atoms with Crippen LogP contribution in [0.25, 0.3) is 0 Å². The third kappa shape index (κ3) is 3.59. The third-order valence-corrected chi connectivity index (χ3v) is 3.94. The van der Waals surface area contributed by atoms with E-state index in [1.807, 2.05) is 6.92 Å². The first kappa shape index (κ1) is 14.6. The highest BCUT2D eigenvalue weighted by molar-refractivity contribution is 5.20. The Bertz CT molecular complexity index is 403. The van der Waals surface area contributed by atoms with Crippen molar-refractivity contribution in [3.8, 4) is 0 Å². The highest BCUT2D eigenvalue weighted by atomic mass is 16.5. The predicted octanol–water partition coefficient (Wildman–Crippen LogP) is 2.31. The highest BCUT2D eigenvalue weighted by Crippen LogP contribution is 2.22. The lowest BCUT2D eigenvalue weighted by molar-refractivity contribution is 0.0791. The molecule has 1 aromatic heterocycles. The molecule has 0 bridgehead atoms. The van der Waals surface area contributed by atoms with Gasteiger partial charge >= 0.3 is 0 Å². The van der Waals surface area contributed by atoms with Crippen molar-refractivity contribution >= 4 is 0 Å². The van der Waals surface area contributed by atoms with Gasteiger partial charge in [0.05, 0.1) is 12.6 Å². The Balaban J connectivity index is 1.95. The molecule has 4 heteroatoms. The standard InChI is InChI=1S/C15H26N2O2/c1-5-16-9-13-8-14(19-11(13)2)10-17(4)15-6-7-18-12(15)3/h8,12,15-16H,5-7,9-10H2,1-4H3. The van der Waals surface area contributed by atoms with Crippen LogP contribution in [0.1, 0.15) is 37.4 Å². The minimum atomic E-state index is 0.322. The summed E-state index contributed by atoms with van der Waals surface area (Å²) < 4.78 is 11.5. The summed E-state index contributed by atoms with van der Waals surface area (Å²) in [4.78, 5) is 2.34. The number of ether oxygens (including phenoxy) is 1. The zero-order valence-electron chi connectivity index (χ0n) is 12.5. The lowest BCUT2D eigenvalue weighted by Gasteiger charge is -2.25. The molecule has 2 unspecified atom stereocenters. The Morgan fingerprint density at radius 1 is 1.47 bits per heavy atom. The smallest absolute Gasteiger partial charge is 0.118 e. The van der Waals surface area contributed by atoms with Gasteiger partial charge in [-0.05, 0) is 39.9 Å². The molecule has 1 saturated heterocycles. The van der Waals surface area contributed by atoms with E-state index in [0.717, 1.165) is 44.2 Å². The molecule has 1 aromatic rings. The maximum Gasteiger partial charge on any atom is 0.118 e. The van der Waals surface area contributed by atoms with E-state index in [-0.39, 0.29) is 0 Å². The third-order valence-electron chi connectivity index (χ3n) is 3.94. The molecule has 0 spiro atoms. The topological polar surface area (TPSA) is 37.6 Å². The summed E-state index contributed by atoms with van der Waals surface area (Å²) in [6, 6.07) is 2.68. The van der Waals surface area contributed by atoms with Crippen LogP contribution >= 0.6 is 0 Å². The number of aryl methyl sites for hydroxylation is 1. The fraction of sp³-hybridized carbons (Fsp3) is 0.733. The number of nitrogens with one attached hydrogen (secondary N) is 1. The molecule has 4 nitrogen and oxygen atoms in total. The van der Waals surface area contributed by atoms with Crippen molar-refractivity contribution in [3.05, 3.63) is 23.2 Å². The van der Waals surface area contributed by atoms with Gasteiger partial charge in [-0.1, -0.05) is 6.92 Å². The molecule has 0 amide bonds. The normalized spacial score (nSPS) is 23.4. The fourth-order valence-electron chi connectivity index (χ4n) is 2.76. The van der Waals surface area contributed by atoms with Crippen molar-refractivity contribution in [1.29, 1.82) is 0 Å². The summed E-state index contributed by atoms with van der Waals surface area (Å²) in [5.41, 5.74) is 1.26. The number of nitrogens with zero attached hydrogens (tertiary/aromatic N) is 1. The van der Waals surface area contributed by atoms with Gasteiger partial charge in [0.1, 0.15) is 11.5 Å². The molecule has 2 heterocycles. The first-order valence-electron chi connectivity index (χ1n) is 7.22. The van der Waals surface area contributed by atoms with Gasteiger partial charge in [-0.15, -0.1) is 0 Å². The molecule has 0 aromatic carbocycles. The molecule has 1 aliphatic heterocycles. The van der Waals surface area contributed by atoms with Crippen LogP contribution in [0.4, 0.5) is 0 Å². The van der Waals surface area contributed by atoms with Crippen LogP contribution in [0.3, 0.4) is 0 Å². The largest absolute Gasteiger partial charge is 0.465 e. The summed E-state index contributed by atoms with van der Waals surface area (Å²) in [6.07, 6.45) is 1.43. The molecule has 0 radical (unpaired) electrons. The zero-order chi connectivity index (χ0) is 13.8. The highest BCUT2D eigenvalue weighted by Gasteiger charge is 2.28. The number of rotatable bonds is 6. The van der Waals surface area contributed by atoms with Gasteiger partial charge < -0.3 is 14.5 Å². The molecule has 1 aliphatic rings. The van der Waals surface area contributed by atoms with Crippen LogP contribution in [0, 0.1) is 6.92 Å². The monoisotopic (exact) mass is 266 g/mol. The van der Waals surface area contributed by atoms with Gasteiger partial charge in [-0.2, -0.15) is 0 Å². The Labute approximate surface area is 116 Å². The number of likely N-dealkylation sites (N-methyl/N-ethyl adjacent to an activating group) is 1. The predicted molar refractivity (Wildman–Crippen MR) is 76.1 cm³/mol. The van der Waals surface area contributed by atoms with Gasteiger partial charge in [-0.25, -0.2) is 0 Å². The molecule has 19 heavy (non-hydrogen) atoms. The van der Waals surface area contributed by atoms with Crippen molar-refractivity contribution in [3.63, 3.8) is 0 Å². The second kappa shape index (κ2) is 6.55. The summed E-state index contributed by atoms with van der Waals surface area (Å²) in [5.74, 6) is 2.08. The van der Waals surface area contributed by atoms with E-state index in [2.05, 4.69) is 37.2 Å². The van der Waals surface area contributed by atoms with E-state index in [0.29, 0.717) is 12.1 Å². The SMILES string of the molecule is CCNCc1cc(CN(C)C2CCOC2C)oc1C. The van der Waals surface area contributed by atoms with Crippen LogP contribution in [-0.4, -0.2) is 37.2 Å². The van der Waals surface area contributed by atoms with Gasteiger partial charge in [0.15, 0.2) is 0 Å². The first-order chi connectivity index (χ1) is 9.11. The van der Waals surface area contributed by atoms with Crippen molar-refractivity contribution in [1.82, 2.24) is 10.2 Å². The number of hydrogen-bond acceptors (Lipinski definition) is 4. The fourth-order valence-corrected chi connectivity index (χ4v) is 2.76. The van der Waals surface area contributed by atoms with Crippen LogP contribution < -0.4 is 5.32 Å². The Kier molecular flexibility index (Phi) is 5.02. The van der Waals surface area contributed by atoms with Crippen molar-refractivity contribution < 1.29 is 9.15 Å². The van der Waals surface area contributed by atoms with Crippen LogP contribution in [-0.2, 0) is 17.8 Å². The molecule has 2 rings (SSSR count). The molecular formula is C15H26N2O2. The van der Waals surface area contributed by atoms with E-state index in [4.69, 9.17) is 9.15 Å². The van der Waals surface area contributed by atoms with E-state index in [1.165, 1.54) is 5.56 Å². The molecular weight excluding hydrogens is 240 g/mol. The minimum absolute atomic E-state index is 0.322. The van der Waals surface area contributed by atoms with Gasteiger partial charge in [0.25, 0.3) is 0 Å². The Morgan fingerprint density at radius 3 is 2.89 bits per heavy atom. The second-order valence-corrected chi connectivity index (χ2v) is 5.42. The molecule has 0 aliphatic carbocycles. The maximum atomic E-state index is 5.85. The van der Waals surface area contributed by atoms with E-state index in [1.54, 1.807) is 0 Å². The lowest BCUT2D eigenvalue weighted by atomic mass is 10.1. The summed E-state index contributed by atoms with van der Waals surface area (Å²) in [5, 5.41) is 3.34. The molecule has 1 N–H and O–H groups in total. The summed E-state index contributed by atoms with van der Waals surface area (Å²) in [6.45, 7) is 9.90. The maximum absolute atomic E-state index is 5.85. The minimum Gasteiger partial charge on any atom is -0.465 e. The van der Waals surface area contributed by atoms with Crippen LogP contribution in [0.5, 0.6) is 0 Å². The van der Waals surface area contributed by atoms with Crippen LogP contribution in [0.2, 0.25) is 0 Å². The van der Waals surface area contributed by atoms with Crippen molar-refractivity contribution in [2.45, 2.75) is 52.4 Å². The van der Waals surface area contributed by atoms with Crippen molar-refractivity contribution in [2.24, 2.45) is 0 Å². The molecule has 2 atom stereocenters. The Morgan fingerprint density at radius 2 is 2.26 bits per heavy atom. The van der Waals surface area contributed by atoms with Gasteiger partial charge in [0.2, 0.25) is 0 Å². The van der Waals surface area contributed by atoms with Crippen molar-refractivity contribution in [2.75, 3.05) is 20.2 Å². The van der Waals surface area contributed by atoms with E-state index >= 15 is 0 Å². The number of furan rings is 1. The average molecular weight is 266 g/mol. The zero-order valence-corrected chi connectivity index (χ0v) is 12.5. The Hall–Kier alpha value is -0.840. The van der Waals surface area contributed by atoms with E-state index < -0.39 is 0 Å².